The first-order chi connectivity index (χ1) is 8.65. The lowest BCUT2D eigenvalue weighted by molar-refractivity contribution is 0.215. The van der Waals surface area contributed by atoms with Gasteiger partial charge in [-0.15, -0.1) is 0 Å². The maximum atomic E-state index is 4.49. The van der Waals surface area contributed by atoms with Crippen LogP contribution >= 0.6 is 11.5 Å². The highest BCUT2D eigenvalue weighted by molar-refractivity contribution is 7.09. The molecular formula is C13H24N4S. The van der Waals surface area contributed by atoms with Gasteiger partial charge in [0.15, 0.2) is 0 Å². The number of hydrogen-bond donors (Lipinski definition) is 1. The maximum Gasteiger partial charge on any atom is 0.202 e. The monoisotopic (exact) mass is 268 g/mol. The molecule has 18 heavy (non-hydrogen) atoms. The molecule has 0 spiro atoms. The second-order valence-electron chi connectivity index (χ2n) is 5.57. The van der Waals surface area contributed by atoms with E-state index in [1.54, 1.807) is 0 Å². The molecule has 0 radical (unpaired) electrons. The van der Waals surface area contributed by atoms with E-state index in [0.29, 0.717) is 5.92 Å². The van der Waals surface area contributed by atoms with Crippen molar-refractivity contribution in [3.05, 3.63) is 5.82 Å². The van der Waals surface area contributed by atoms with Gasteiger partial charge in [-0.05, 0) is 45.3 Å². The van der Waals surface area contributed by atoms with Gasteiger partial charge >= 0.3 is 0 Å². The molecule has 0 unspecified atom stereocenters. The van der Waals surface area contributed by atoms with Crippen LogP contribution in [-0.2, 0) is 0 Å². The minimum Gasteiger partial charge on any atom is -0.360 e. The summed E-state index contributed by atoms with van der Waals surface area (Å²) in [5.74, 6) is 2.26. The van der Waals surface area contributed by atoms with Gasteiger partial charge in [0.05, 0.1) is 0 Å². The van der Waals surface area contributed by atoms with E-state index in [0.717, 1.165) is 23.4 Å². The molecule has 1 aromatic heterocycles. The average Bonchev–Trinajstić information content (AvgIpc) is 2.81. The highest BCUT2D eigenvalue weighted by atomic mass is 32.1. The predicted molar refractivity (Wildman–Crippen MR) is 77.3 cm³/mol. The quantitative estimate of drug-likeness (QED) is 0.891. The van der Waals surface area contributed by atoms with Crippen molar-refractivity contribution in [3.8, 4) is 0 Å². The first-order valence-electron chi connectivity index (χ1n) is 6.91. The van der Waals surface area contributed by atoms with Gasteiger partial charge in [0.1, 0.15) is 5.82 Å². The highest BCUT2D eigenvalue weighted by Crippen LogP contribution is 2.21. The standard InChI is InChI=1S/C13H24N4S/c1-10(2)12-15-13(18-16-12)14-7-4-11-5-8-17(3)9-6-11/h10-11H,4-9H2,1-3H3,(H,14,15,16). The minimum absolute atomic E-state index is 0.422. The van der Waals surface area contributed by atoms with Crippen LogP contribution in [0.4, 0.5) is 5.13 Å². The fourth-order valence-electron chi connectivity index (χ4n) is 2.28. The Morgan fingerprint density at radius 1 is 1.39 bits per heavy atom. The lowest BCUT2D eigenvalue weighted by Crippen LogP contribution is -2.30. The van der Waals surface area contributed by atoms with Gasteiger partial charge in [-0.1, -0.05) is 13.8 Å². The van der Waals surface area contributed by atoms with E-state index in [1.807, 2.05) is 0 Å². The number of rotatable bonds is 5. The predicted octanol–water partition coefficient (Wildman–Crippen LogP) is 2.81. The van der Waals surface area contributed by atoms with E-state index in [-0.39, 0.29) is 0 Å². The highest BCUT2D eigenvalue weighted by Gasteiger charge is 2.16. The number of nitrogens with zero attached hydrogens (tertiary/aromatic N) is 3. The molecule has 1 aliphatic rings. The molecule has 0 aliphatic carbocycles. The Morgan fingerprint density at radius 3 is 2.72 bits per heavy atom. The molecule has 1 aromatic rings. The summed E-state index contributed by atoms with van der Waals surface area (Å²) in [5, 5.41) is 4.39. The molecule has 2 rings (SSSR count). The molecule has 4 nitrogen and oxygen atoms in total. The molecule has 1 saturated heterocycles. The van der Waals surface area contributed by atoms with Crippen molar-refractivity contribution in [3.63, 3.8) is 0 Å². The first kappa shape index (κ1) is 13.7. The Balaban J connectivity index is 1.68. The van der Waals surface area contributed by atoms with Crippen LogP contribution in [0.3, 0.4) is 0 Å². The number of aromatic nitrogens is 2. The summed E-state index contributed by atoms with van der Waals surface area (Å²) >= 11 is 1.48. The van der Waals surface area contributed by atoms with Crippen LogP contribution in [0, 0.1) is 5.92 Å². The van der Waals surface area contributed by atoms with Crippen molar-refractivity contribution < 1.29 is 0 Å². The van der Waals surface area contributed by atoms with Gasteiger partial charge in [-0.3, -0.25) is 0 Å². The fraction of sp³-hybridized carbons (Fsp3) is 0.846. The summed E-state index contributed by atoms with van der Waals surface area (Å²) in [6, 6.07) is 0. The van der Waals surface area contributed by atoms with Crippen LogP contribution in [0.25, 0.3) is 0 Å². The number of hydrogen-bond acceptors (Lipinski definition) is 5. The molecule has 0 saturated carbocycles. The Morgan fingerprint density at radius 2 is 2.11 bits per heavy atom. The SMILES string of the molecule is CC(C)c1nsc(NCCC2CCN(C)CC2)n1. The van der Waals surface area contributed by atoms with Gasteiger partial charge in [0.25, 0.3) is 0 Å². The molecule has 1 fully saturated rings. The number of nitrogens with one attached hydrogen (secondary N) is 1. The summed E-state index contributed by atoms with van der Waals surface area (Å²) in [6.07, 6.45) is 3.93. The third kappa shape index (κ3) is 3.92. The zero-order chi connectivity index (χ0) is 13.0. The summed E-state index contributed by atoms with van der Waals surface area (Å²) < 4.78 is 4.35. The largest absolute Gasteiger partial charge is 0.360 e. The molecule has 5 heteroatoms. The summed E-state index contributed by atoms with van der Waals surface area (Å²) in [7, 11) is 2.21. The second kappa shape index (κ2) is 6.48. The van der Waals surface area contributed by atoms with E-state index in [9.17, 15) is 0 Å². The van der Waals surface area contributed by atoms with Gasteiger partial charge in [0, 0.05) is 24.0 Å². The third-order valence-electron chi connectivity index (χ3n) is 3.63. The summed E-state index contributed by atoms with van der Waals surface area (Å²) in [4.78, 5) is 6.91. The van der Waals surface area contributed by atoms with Crippen molar-refractivity contribution in [1.29, 1.82) is 0 Å². The zero-order valence-electron chi connectivity index (χ0n) is 11.6. The molecule has 0 bridgehead atoms. The smallest absolute Gasteiger partial charge is 0.202 e. The number of anilines is 1. The second-order valence-corrected chi connectivity index (χ2v) is 6.33. The van der Waals surface area contributed by atoms with E-state index < -0.39 is 0 Å². The maximum absolute atomic E-state index is 4.49. The van der Waals surface area contributed by atoms with Crippen LogP contribution in [0.1, 0.15) is 44.9 Å². The molecule has 0 amide bonds. The number of piperidine rings is 1. The van der Waals surface area contributed by atoms with Crippen molar-refractivity contribution in [2.45, 2.75) is 39.0 Å². The van der Waals surface area contributed by atoms with Gasteiger partial charge in [-0.25, -0.2) is 4.98 Å². The normalized spacial score (nSPS) is 18.4. The van der Waals surface area contributed by atoms with Crippen molar-refractivity contribution in [1.82, 2.24) is 14.3 Å². The lowest BCUT2D eigenvalue weighted by atomic mass is 9.94. The molecule has 2 heterocycles. The molecule has 1 aliphatic heterocycles. The summed E-state index contributed by atoms with van der Waals surface area (Å²) in [6.45, 7) is 7.79. The fourth-order valence-corrected chi connectivity index (χ4v) is 3.01. The van der Waals surface area contributed by atoms with Gasteiger partial charge in [0.2, 0.25) is 5.13 Å². The van der Waals surface area contributed by atoms with Gasteiger partial charge < -0.3 is 10.2 Å². The topological polar surface area (TPSA) is 41.1 Å². The van der Waals surface area contributed by atoms with Crippen LogP contribution in [-0.4, -0.2) is 40.9 Å². The first-order valence-corrected chi connectivity index (χ1v) is 7.68. The van der Waals surface area contributed by atoms with E-state index in [1.165, 1.54) is 43.9 Å². The summed E-state index contributed by atoms with van der Waals surface area (Å²) in [5.41, 5.74) is 0. The van der Waals surface area contributed by atoms with E-state index in [2.05, 4.69) is 40.5 Å². The van der Waals surface area contributed by atoms with Crippen LogP contribution < -0.4 is 5.32 Å². The molecule has 102 valence electrons. The molecular weight excluding hydrogens is 244 g/mol. The molecule has 0 aromatic carbocycles. The van der Waals surface area contributed by atoms with Crippen LogP contribution in [0.2, 0.25) is 0 Å². The van der Waals surface area contributed by atoms with Crippen LogP contribution in [0.5, 0.6) is 0 Å². The van der Waals surface area contributed by atoms with Crippen molar-refractivity contribution in [2.24, 2.45) is 5.92 Å². The molecule has 0 atom stereocenters. The Bertz CT molecular complexity index is 356. The lowest BCUT2D eigenvalue weighted by Gasteiger charge is -2.28. The Hall–Kier alpha value is -0.680. The average molecular weight is 268 g/mol. The third-order valence-corrected chi connectivity index (χ3v) is 4.31. The van der Waals surface area contributed by atoms with Crippen molar-refractivity contribution >= 4 is 16.7 Å². The van der Waals surface area contributed by atoms with E-state index >= 15 is 0 Å². The molecule has 1 N–H and O–H groups in total. The Kier molecular flexibility index (Phi) is 4.95. The van der Waals surface area contributed by atoms with Crippen molar-refractivity contribution in [2.75, 3.05) is 32.0 Å². The van der Waals surface area contributed by atoms with Crippen LogP contribution in [0.15, 0.2) is 0 Å². The van der Waals surface area contributed by atoms with Gasteiger partial charge in [-0.2, -0.15) is 4.37 Å². The minimum atomic E-state index is 0.422. The zero-order valence-corrected chi connectivity index (χ0v) is 12.5. The number of likely N-dealkylation sites (tertiary alicyclic amines) is 1. The van der Waals surface area contributed by atoms with E-state index in [4.69, 9.17) is 0 Å². The Labute approximate surface area is 114 Å².